The van der Waals surface area contributed by atoms with Gasteiger partial charge in [0, 0.05) is 19.0 Å². The van der Waals surface area contributed by atoms with Crippen molar-refractivity contribution in [1.29, 1.82) is 5.26 Å². The van der Waals surface area contributed by atoms with E-state index >= 15 is 0 Å². The van der Waals surface area contributed by atoms with E-state index in [9.17, 15) is 5.26 Å². The third-order valence-corrected chi connectivity index (χ3v) is 3.82. The lowest BCUT2D eigenvalue weighted by atomic mass is 9.99. The summed E-state index contributed by atoms with van der Waals surface area (Å²) in [7, 11) is 0. The number of rotatable bonds is 2. The third-order valence-electron chi connectivity index (χ3n) is 3.82. The van der Waals surface area contributed by atoms with Crippen molar-refractivity contribution in [2.45, 2.75) is 12.3 Å². The molecule has 0 N–H and O–H groups in total. The van der Waals surface area contributed by atoms with Gasteiger partial charge in [0.2, 0.25) is 0 Å². The molecule has 0 spiro atoms. The molecule has 1 atom stereocenters. The minimum absolute atomic E-state index is 0.577. The molecule has 3 rings (SSSR count). The van der Waals surface area contributed by atoms with Gasteiger partial charge >= 0.3 is 0 Å². The van der Waals surface area contributed by atoms with Crippen molar-refractivity contribution >= 4 is 5.69 Å². The summed E-state index contributed by atoms with van der Waals surface area (Å²) in [6, 6.07) is 20.8. The molecule has 2 nitrogen and oxygen atoms in total. The first-order chi connectivity index (χ1) is 9.38. The maximum atomic E-state index is 9.19. The number of hydrogen-bond donors (Lipinski definition) is 0. The molecule has 0 amide bonds. The maximum Gasteiger partial charge on any atom is 0.101 e. The number of anilines is 1. The quantitative estimate of drug-likeness (QED) is 0.812. The molecule has 0 saturated carbocycles. The number of benzene rings is 2. The van der Waals surface area contributed by atoms with Crippen LogP contribution in [0.2, 0.25) is 0 Å². The molecule has 2 aromatic rings. The largest absolute Gasteiger partial charge is 0.370 e. The normalized spacial score (nSPS) is 18.3. The first kappa shape index (κ1) is 11.8. The van der Waals surface area contributed by atoms with E-state index in [-0.39, 0.29) is 0 Å². The SMILES string of the molecule is N#Cc1ccccc1N1CCC(c2ccccc2)C1. The van der Waals surface area contributed by atoms with Gasteiger partial charge in [0.05, 0.1) is 11.3 Å². The standard InChI is InChI=1S/C17H16N2/c18-12-15-8-4-5-9-17(15)19-11-10-16(13-19)14-6-2-1-3-7-14/h1-9,16H,10-11,13H2. The first-order valence-electron chi connectivity index (χ1n) is 6.67. The summed E-state index contributed by atoms with van der Waals surface area (Å²) in [5.74, 6) is 0.577. The fourth-order valence-electron chi connectivity index (χ4n) is 2.82. The highest BCUT2D eigenvalue weighted by molar-refractivity contribution is 5.60. The van der Waals surface area contributed by atoms with Crippen LogP contribution in [0.3, 0.4) is 0 Å². The zero-order chi connectivity index (χ0) is 13.1. The van der Waals surface area contributed by atoms with Crippen LogP contribution in [0.1, 0.15) is 23.5 Å². The Balaban J connectivity index is 1.81. The predicted molar refractivity (Wildman–Crippen MR) is 77.2 cm³/mol. The van der Waals surface area contributed by atoms with Crippen LogP contribution < -0.4 is 4.90 Å². The number of nitrogens with zero attached hydrogens (tertiary/aromatic N) is 2. The Morgan fingerprint density at radius 3 is 2.53 bits per heavy atom. The summed E-state index contributed by atoms with van der Waals surface area (Å²) < 4.78 is 0. The summed E-state index contributed by atoms with van der Waals surface area (Å²) in [4.78, 5) is 2.33. The van der Waals surface area contributed by atoms with Crippen LogP contribution in [0.25, 0.3) is 0 Å². The zero-order valence-corrected chi connectivity index (χ0v) is 10.8. The molecular weight excluding hydrogens is 232 g/mol. The highest BCUT2D eigenvalue weighted by Gasteiger charge is 2.25. The highest BCUT2D eigenvalue weighted by Crippen LogP contribution is 2.31. The molecular formula is C17H16N2. The van der Waals surface area contributed by atoms with E-state index in [2.05, 4.69) is 41.3 Å². The second kappa shape index (κ2) is 5.16. The summed E-state index contributed by atoms with van der Waals surface area (Å²) >= 11 is 0. The molecule has 0 aliphatic carbocycles. The lowest BCUT2D eigenvalue weighted by molar-refractivity contribution is 0.775. The van der Waals surface area contributed by atoms with Crippen LogP contribution >= 0.6 is 0 Å². The van der Waals surface area contributed by atoms with E-state index in [0.29, 0.717) is 5.92 Å². The molecule has 1 aliphatic rings. The fourth-order valence-corrected chi connectivity index (χ4v) is 2.82. The second-order valence-corrected chi connectivity index (χ2v) is 4.97. The molecule has 0 aromatic heterocycles. The molecule has 1 heterocycles. The van der Waals surface area contributed by atoms with E-state index in [0.717, 1.165) is 30.8 Å². The van der Waals surface area contributed by atoms with E-state index in [1.807, 2.05) is 24.3 Å². The number of para-hydroxylation sites is 1. The van der Waals surface area contributed by atoms with E-state index in [4.69, 9.17) is 0 Å². The Bertz CT molecular complexity index is 598. The van der Waals surface area contributed by atoms with Crippen LogP contribution in [-0.2, 0) is 0 Å². The molecule has 1 aliphatic heterocycles. The fraction of sp³-hybridized carbons (Fsp3) is 0.235. The lowest BCUT2D eigenvalue weighted by Gasteiger charge is -2.20. The molecule has 1 saturated heterocycles. The minimum atomic E-state index is 0.577. The van der Waals surface area contributed by atoms with Crippen molar-refractivity contribution in [3.8, 4) is 6.07 Å². The van der Waals surface area contributed by atoms with Gasteiger partial charge in [-0.3, -0.25) is 0 Å². The summed E-state index contributed by atoms with van der Waals surface area (Å²) in [6.07, 6.45) is 1.16. The first-order valence-corrected chi connectivity index (χ1v) is 6.67. The van der Waals surface area contributed by atoms with Crippen LogP contribution in [-0.4, -0.2) is 13.1 Å². The van der Waals surface area contributed by atoms with Gasteiger partial charge in [0.15, 0.2) is 0 Å². The molecule has 94 valence electrons. The van der Waals surface area contributed by atoms with Crippen molar-refractivity contribution in [2.75, 3.05) is 18.0 Å². The summed E-state index contributed by atoms with van der Waals surface area (Å²) in [5, 5.41) is 9.19. The van der Waals surface area contributed by atoms with Crippen LogP contribution in [0.5, 0.6) is 0 Å². The van der Waals surface area contributed by atoms with E-state index in [1.54, 1.807) is 0 Å². The van der Waals surface area contributed by atoms with Gasteiger partial charge in [-0.05, 0) is 24.1 Å². The average molecular weight is 248 g/mol. The second-order valence-electron chi connectivity index (χ2n) is 4.97. The zero-order valence-electron chi connectivity index (χ0n) is 10.8. The van der Waals surface area contributed by atoms with Gasteiger partial charge in [-0.15, -0.1) is 0 Å². The Hall–Kier alpha value is -2.27. The molecule has 0 bridgehead atoms. The monoisotopic (exact) mass is 248 g/mol. The molecule has 2 heteroatoms. The number of hydrogen-bond acceptors (Lipinski definition) is 2. The summed E-state index contributed by atoms with van der Waals surface area (Å²) in [6.45, 7) is 2.03. The third kappa shape index (κ3) is 2.32. The van der Waals surface area contributed by atoms with Crippen LogP contribution in [0.15, 0.2) is 54.6 Å². The van der Waals surface area contributed by atoms with Gasteiger partial charge in [-0.1, -0.05) is 42.5 Å². The molecule has 19 heavy (non-hydrogen) atoms. The highest BCUT2D eigenvalue weighted by atomic mass is 15.2. The minimum Gasteiger partial charge on any atom is -0.370 e. The average Bonchev–Trinajstić information content (AvgIpc) is 2.98. The van der Waals surface area contributed by atoms with Gasteiger partial charge < -0.3 is 4.90 Å². The van der Waals surface area contributed by atoms with Gasteiger partial charge in [0.25, 0.3) is 0 Å². The van der Waals surface area contributed by atoms with Crippen molar-refractivity contribution < 1.29 is 0 Å². The van der Waals surface area contributed by atoms with Crippen molar-refractivity contribution in [3.63, 3.8) is 0 Å². The van der Waals surface area contributed by atoms with Gasteiger partial charge in [0.1, 0.15) is 6.07 Å². The smallest absolute Gasteiger partial charge is 0.101 e. The topological polar surface area (TPSA) is 27.0 Å². The Morgan fingerprint density at radius 2 is 1.74 bits per heavy atom. The molecule has 1 fully saturated rings. The van der Waals surface area contributed by atoms with Gasteiger partial charge in [-0.25, -0.2) is 0 Å². The maximum absolute atomic E-state index is 9.19. The molecule has 2 aromatic carbocycles. The Morgan fingerprint density at radius 1 is 1.00 bits per heavy atom. The van der Waals surface area contributed by atoms with Crippen molar-refractivity contribution in [1.82, 2.24) is 0 Å². The summed E-state index contributed by atoms with van der Waals surface area (Å²) in [5.41, 5.74) is 3.25. The molecule has 1 unspecified atom stereocenters. The van der Waals surface area contributed by atoms with E-state index < -0.39 is 0 Å². The van der Waals surface area contributed by atoms with Crippen molar-refractivity contribution in [3.05, 3.63) is 65.7 Å². The van der Waals surface area contributed by atoms with E-state index in [1.165, 1.54) is 5.56 Å². The van der Waals surface area contributed by atoms with Crippen LogP contribution in [0, 0.1) is 11.3 Å². The Kier molecular flexibility index (Phi) is 3.20. The van der Waals surface area contributed by atoms with Crippen LogP contribution in [0.4, 0.5) is 5.69 Å². The molecule has 0 radical (unpaired) electrons. The van der Waals surface area contributed by atoms with Gasteiger partial charge in [-0.2, -0.15) is 5.26 Å². The lowest BCUT2D eigenvalue weighted by Crippen LogP contribution is -2.20. The predicted octanol–water partition coefficient (Wildman–Crippen LogP) is 3.55. The number of nitriles is 1. The Labute approximate surface area is 113 Å². The van der Waals surface area contributed by atoms with Crippen molar-refractivity contribution in [2.24, 2.45) is 0 Å².